The zero-order valence-electron chi connectivity index (χ0n) is 7.10. The van der Waals surface area contributed by atoms with Crippen LogP contribution in [0.5, 0.6) is 0 Å². The van der Waals surface area contributed by atoms with Crippen LogP contribution in [0.4, 0.5) is 0 Å². The van der Waals surface area contributed by atoms with Gasteiger partial charge < -0.3 is 0 Å². The molecule has 0 N–H and O–H groups in total. The van der Waals surface area contributed by atoms with Crippen molar-refractivity contribution in [1.82, 2.24) is 0 Å². The first kappa shape index (κ1) is 10.3. The maximum atomic E-state index is 11.5. The van der Waals surface area contributed by atoms with Crippen LogP contribution in [-0.4, -0.2) is 11.6 Å². The van der Waals surface area contributed by atoms with Crippen LogP contribution < -0.4 is 0 Å². The van der Waals surface area contributed by atoms with E-state index in [1.807, 2.05) is 6.07 Å². The Balaban J connectivity index is 2.86. The Kier molecular flexibility index (Phi) is 3.53. The molecule has 0 amide bonds. The summed E-state index contributed by atoms with van der Waals surface area (Å²) in [5, 5.41) is 0. The fraction of sp³-hybridized carbons (Fsp3) is 0.200. The van der Waals surface area contributed by atoms with Gasteiger partial charge in [0, 0.05) is 0 Å². The van der Waals surface area contributed by atoms with Crippen molar-refractivity contribution >= 4 is 11.6 Å². The van der Waals surface area contributed by atoms with Crippen LogP contribution in [0.1, 0.15) is 17.3 Å². The van der Waals surface area contributed by atoms with Gasteiger partial charge in [-0.2, -0.15) is 0 Å². The number of ketones is 2. The standard InChI is InChI=1S/C10H9O2.Pd/c1-8(11)7-10(12)9-5-3-2-4-6-9;/h2-7H,1H3;. The van der Waals surface area contributed by atoms with Crippen molar-refractivity contribution in [2.24, 2.45) is 0 Å². The van der Waals surface area contributed by atoms with E-state index in [0.29, 0.717) is 5.56 Å². The van der Waals surface area contributed by atoms with Crippen molar-refractivity contribution in [2.45, 2.75) is 11.3 Å². The van der Waals surface area contributed by atoms with E-state index >= 15 is 0 Å². The van der Waals surface area contributed by atoms with Crippen LogP contribution in [-0.2, 0) is 24.0 Å². The number of Topliss-reactive ketones (excluding diaryl/α,β-unsaturated/α-hetero) is 2. The van der Waals surface area contributed by atoms with Gasteiger partial charge in [0.25, 0.3) is 0 Å². The molecule has 0 aliphatic rings. The first-order chi connectivity index (χ1) is 6.13. The number of benzene rings is 1. The molecule has 1 aromatic carbocycles. The van der Waals surface area contributed by atoms with Crippen molar-refractivity contribution in [1.29, 1.82) is 0 Å². The van der Waals surface area contributed by atoms with Gasteiger partial charge in [-0.15, -0.1) is 0 Å². The third-order valence-corrected chi connectivity index (χ3v) is 2.64. The second-order valence-corrected chi connectivity index (χ2v) is 3.57. The van der Waals surface area contributed by atoms with Crippen LogP contribution in [0.25, 0.3) is 0 Å². The van der Waals surface area contributed by atoms with E-state index < -0.39 is 4.39 Å². The summed E-state index contributed by atoms with van der Waals surface area (Å²) in [6.07, 6.45) is 0. The molecule has 0 aliphatic heterocycles. The van der Waals surface area contributed by atoms with Crippen molar-refractivity contribution in [3.63, 3.8) is 0 Å². The van der Waals surface area contributed by atoms with Crippen molar-refractivity contribution in [2.75, 3.05) is 0 Å². The topological polar surface area (TPSA) is 34.1 Å². The Bertz CT molecular complexity index is 319. The zero-order valence-corrected chi connectivity index (χ0v) is 8.65. The third kappa shape index (κ3) is 2.58. The molecule has 1 rings (SSSR count). The van der Waals surface area contributed by atoms with Crippen LogP contribution in [0.15, 0.2) is 30.3 Å². The van der Waals surface area contributed by atoms with Gasteiger partial charge in [0.15, 0.2) is 0 Å². The van der Waals surface area contributed by atoms with Crippen molar-refractivity contribution < 1.29 is 28.8 Å². The third-order valence-electron chi connectivity index (χ3n) is 1.60. The number of hydrogen-bond acceptors (Lipinski definition) is 2. The molecular formula is C10H9O2Pd. The van der Waals surface area contributed by atoms with Gasteiger partial charge in [-0.25, -0.2) is 0 Å². The first-order valence-corrected chi connectivity index (χ1v) is 4.73. The van der Waals surface area contributed by atoms with Gasteiger partial charge in [0.1, 0.15) is 0 Å². The second kappa shape index (κ2) is 4.46. The normalized spacial score (nSPS) is 12.2. The van der Waals surface area contributed by atoms with Crippen LogP contribution in [0.3, 0.4) is 0 Å². The summed E-state index contributed by atoms with van der Waals surface area (Å²) >= 11 is 2.76. The van der Waals surface area contributed by atoms with Crippen LogP contribution in [0.2, 0.25) is 4.39 Å². The average Bonchev–Trinajstić information content (AvgIpc) is 2.17. The van der Waals surface area contributed by atoms with E-state index in [-0.39, 0.29) is 11.6 Å². The van der Waals surface area contributed by atoms with E-state index in [2.05, 4.69) is 19.2 Å². The summed E-state index contributed by atoms with van der Waals surface area (Å²) in [4.78, 5) is 22.4. The van der Waals surface area contributed by atoms with E-state index in [0.717, 1.165) is 0 Å². The molecule has 1 aromatic rings. The Morgan fingerprint density at radius 2 is 1.77 bits per heavy atom. The molecule has 0 spiro atoms. The van der Waals surface area contributed by atoms with Gasteiger partial charge >= 0.3 is 87.6 Å². The van der Waals surface area contributed by atoms with Crippen molar-refractivity contribution in [3.05, 3.63) is 35.9 Å². The summed E-state index contributed by atoms with van der Waals surface area (Å²) in [6, 6.07) is 8.78. The molecule has 0 aliphatic carbocycles. The molecule has 0 fully saturated rings. The fourth-order valence-electron chi connectivity index (χ4n) is 0.923. The number of hydrogen-bond donors (Lipinski definition) is 0. The molecule has 1 atom stereocenters. The van der Waals surface area contributed by atoms with Gasteiger partial charge in [0.2, 0.25) is 0 Å². The van der Waals surface area contributed by atoms with E-state index in [4.69, 9.17) is 0 Å². The molecule has 0 heterocycles. The van der Waals surface area contributed by atoms with E-state index in [1.165, 1.54) is 6.92 Å². The van der Waals surface area contributed by atoms with E-state index in [1.54, 1.807) is 24.3 Å². The fourth-order valence-corrected chi connectivity index (χ4v) is 1.18. The van der Waals surface area contributed by atoms with Gasteiger partial charge in [0.05, 0.1) is 0 Å². The molecule has 0 radical (unpaired) electrons. The summed E-state index contributed by atoms with van der Waals surface area (Å²) in [6.45, 7) is 1.40. The van der Waals surface area contributed by atoms with Gasteiger partial charge in [-0.3, -0.25) is 0 Å². The molecule has 13 heavy (non-hydrogen) atoms. The second-order valence-electron chi connectivity index (χ2n) is 2.67. The summed E-state index contributed by atoms with van der Waals surface area (Å²) in [5.74, 6) is -0.326. The summed E-state index contributed by atoms with van der Waals surface area (Å²) < 4.78 is -0.676. The zero-order chi connectivity index (χ0) is 9.84. The Hall–Kier alpha value is -0.778. The molecule has 0 saturated carbocycles. The first-order valence-electron chi connectivity index (χ1n) is 3.83. The predicted octanol–water partition coefficient (Wildman–Crippen LogP) is 1.79. The molecule has 0 saturated heterocycles. The predicted molar refractivity (Wildman–Crippen MR) is 45.2 cm³/mol. The molecule has 2 nitrogen and oxygen atoms in total. The molecule has 1 unspecified atom stereocenters. The molecule has 0 aromatic heterocycles. The number of carbonyl (C=O) groups is 2. The van der Waals surface area contributed by atoms with Gasteiger partial charge in [-0.1, -0.05) is 0 Å². The summed E-state index contributed by atoms with van der Waals surface area (Å²) in [7, 11) is 0. The Morgan fingerprint density at radius 3 is 2.23 bits per heavy atom. The van der Waals surface area contributed by atoms with E-state index in [9.17, 15) is 9.59 Å². The average molecular weight is 268 g/mol. The maximum absolute atomic E-state index is 11.5. The molecule has 3 heteroatoms. The monoisotopic (exact) mass is 267 g/mol. The molecule has 71 valence electrons. The minimum absolute atomic E-state index is 0.156. The number of rotatable bonds is 3. The Labute approximate surface area is 87.7 Å². The van der Waals surface area contributed by atoms with Crippen LogP contribution in [0, 0.1) is 0 Å². The van der Waals surface area contributed by atoms with Crippen molar-refractivity contribution in [3.8, 4) is 0 Å². The van der Waals surface area contributed by atoms with Crippen LogP contribution >= 0.6 is 0 Å². The molecular weight excluding hydrogens is 259 g/mol. The minimum atomic E-state index is -0.676. The van der Waals surface area contributed by atoms with Gasteiger partial charge in [-0.05, 0) is 0 Å². The summed E-state index contributed by atoms with van der Waals surface area (Å²) in [5.41, 5.74) is 0.565. The quantitative estimate of drug-likeness (QED) is 0.475. The number of carbonyl (C=O) groups excluding carboxylic acids is 2. The Morgan fingerprint density at radius 1 is 1.23 bits per heavy atom. The molecule has 0 bridgehead atoms. The SMILES string of the molecule is CC(=O)[CH]([Pd])C(=O)c1ccccc1.